The molecule has 2 heterocycles. The third-order valence-corrected chi connectivity index (χ3v) is 7.48. The van der Waals surface area contributed by atoms with Gasteiger partial charge >= 0.3 is 0 Å². The molecule has 0 aliphatic carbocycles. The van der Waals surface area contributed by atoms with Gasteiger partial charge in [0.1, 0.15) is 20.4 Å². The van der Waals surface area contributed by atoms with E-state index in [-0.39, 0.29) is 0 Å². The summed E-state index contributed by atoms with van der Waals surface area (Å²) < 4.78 is 25.5. The lowest BCUT2D eigenvalue weighted by molar-refractivity contribution is 0.171. The molecule has 104 valence electrons. The van der Waals surface area contributed by atoms with Gasteiger partial charge in [-0.2, -0.15) is 0 Å². The summed E-state index contributed by atoms with van der Waals surface area (Å²) in [6.45, 7) is 2.40. The minimum atomic E-state index is -2.41. The predicted molar refractivity (Wildman–Crippen MR) is 82.9 cm³/mol. The number of ether oxygens (including phenoxy) is 2. The second kappa shape index (κ2) is 5.24. The first-order chi connectivity index (χ1) is 9.10. The third-order valence-electron chi connectivity index (χ3n) is 3.56. The Hall–Kier alpha value is -0.300. The van der Waals surface area contributed by atoms with E-state index < -0.39 is 7.14 Å². The normalized spacial score (nSPS) is 22.2. The maximum atomic E-state index is 13.1. The Kier molecular flexibility index (Phi) is 3.77. The molecule has 0 saturated carbocycles. The van der Waals surface area contributed by atoms with Crippen molar-refractivity contribution in [3.63, 3.8) is 0 Å². The number of hydrogen-bond acceptors (Lipinski definition) is 5. The molecule has 5 nitrogen and oxygen atoms in total. The molecule has 0 amide bonds. The second-order valence-electron chi connectivity index (χ2n) is 4.79. The Labute approximate surface area is 125 Å². The van der Waals surface area contributed by atoms with Gasteiger partial charge in [0.25, 0.3) is 0 Å². The Balaban J connectivity index is 2.03. The van der Waals surface area contributed by atoms with Gasteiger partial charge in [-0.1, -0.05) is 0 Å². The first kappa shape index (κ1) is 13.7. The monoisotopic (exact) mass is 394 g/mol. The zero-order chi connectivity index (χ0) is 13.5. The molecule has 0 aromatic heterocycles. The van der Waals surface area contributed by atoms with E-state index in [0.717, 1.165) is 14.6 Å². The fraction of sp³-hybridized carbons (Fsp3) is 0.500. The summed E-state index contributed by atoms with van der Waals surface area (Å²) in [6.07, 6.45) is 1.22. The highest BCUT2D eigenvalue weighted by Gasteiger charge is 2.34. The van der Waals surface area contributed by atoms with Crippen molar-refractivity contribution in [1.29, 1.82) is 0 Å². The van der Waals surface area contributed by atoms with Crippen molar-refractivity contribution in [2.24, 2.45) is 5.84 Å². The summed E-state index contributed by atoms with van der Waals surface area (Å²) in [5, 5.41) is 2.56. The van der Waals surface area contributed by atoms with Crippen molar-refractivity contribution in [1.82, 2.24) is 5.01 Å². The largest absolute Gasteiger partial charge is 0.485 e. The summed E-state index contributed by atoms with van der Waals surface area (Å²) in [5.41, 5.74) is 0. The molecule has 2 N–H and O–H groups in total. The number of nitrogens with two attached hydrogens (primary N) is 1. The van der Waals surface area contributed by atoms with E-state index >= 15 is 0 Å². The van der Waals surface area contributed by atoms with Crippen LogP contribution in [-0.4, -0.2) is 43.6 Å². The molecule has 0 unspecified atom stereocenters. The van der Waals surface area contributed by atoms with Crippen LogP contribution in [0.1, 0.15) is 0 Å². The molecule has 2 aliphatic rings. The van der Waals surface area contributed by atoms with Crippen LogP contribution >= 0.6 is 29.7 Å². The molecule has 7 heteroatoms. The highest BCUT2D eigenvalue weighted by atomic mass is 127. The standard InChI is InChI=1S/C12H16IN2O3P/c13-9-1-2-10(12-11(9)17-5-6-18-12)19(16)7-3-15(14)4-8-19/h1-2H,3-8,14H2. The summed E-state index contributed by atoms with van der Waals surface area (Å²) in [7, 11) is -2.41. The van der Waals surface area contributed by atoms with Gasteiger partial charge in [-0.05, 0) is 34.7 Å². The molecule has 0 atom stereocenters. The van der Waals surface area contributed by atoms with E-state index in [9.17, 15) is 4.57 Å². The fourth-order valence-electron chi connectivity index (χ4n) is 2.46. The van der Waals surface area contributed by atoms with Crippen molar-refractivity contribution in [2.45, 2.75) is 0 Å². The average Bonchev–Trinajstić information content (AvgIpc) is 2.43. The zero-order valence-electron chi connectivity index (χ0n) is 10.5. The highest BCUT2D eigenvalue weighted by Crippen LogP contribution is 2.51. The van der Waals surface area contributed by atoms with Crippen LogP contribution in [0.25, 0.3) is 0 Å². The quantitative estimate of drug-likeness (QED) is 0.441. The summed E-state index contributed by atoms with van der Waals surface area (Å²) in [5.74, 6) is 7.18. The number of halogens is 1. The van der Waals surface area contributed by atoms with Crippen molar-refractivity contribution in [2.75, 3.05) is 38.6 Å². The Morgan fingerprint density at radius 3 is 2.47 bits per heavy atom. The molecule has 0 radical (unpaired) electrons. The molecule has 0 spiro atoms. The number of fused-ring (bicyclic) bond motifs is 1. The molecule has 1 aromatic carbocycles. The summed E-state index contributed by atoms with van der Waals surface area (Å²) in [6, 6.07) is 3.89. The van der Waals surface area contributed by atoms with Gasteiger partial charge in [-0.25, -0.2) is 5.01 Å². The first-order valence-corrected chi connectivity index (χ1v) is 9.42. The molecule has 1 saturated heterocycles. The van der Waals surface area contributed by atoms with Crippen LogP contribution in [0, 0.1) is 3.57 Å². The van der Waals surface area contributed by atoms with Crippen LogP contribution in [0.5, 0.6) is 11.5 Å². The third kappa shape index (κ3) is 2.51. The van der Waals surface area contributed by atoms with E-state index in [2.05, 4.69) is 22.6 Å². The van der Waals surface area contributed by atoms with Gasteiger partial charge < -0.3 is 14.0 Å². The Morgan fingerprint density at radius 2 is 1.79 bits per heavy atom. The number of rotatable bonds is 1. The summed E-state index contributed by atoms with van der Waals surface area (Å²) >= 11 is 2.22. The van der Waals surface area contributed by atoms with E-state index in [4.69, 9.17) is 15.3 Å². The smallest absolute Gasteiger partial charge is 0.175 e. The van der Waals surface area contributed by atoms with E-state index in [1.165, 1.54) is 0 Å². The van der Waals surface area contributed by atoms with Gasteiger partial charge in [0.2, 0.25) is 0 Å². The van der Waals surface area contributed by atoms with Crippen LogP contribution in [0.2, 0.25) is 0 Å². The topological polar surface area (TPSA) is 64.8 Å². The maximum Gasteiger partial charge on any atom is 0.175 e. The molecule has 2 aliphatic heterocycles. The summed E-state index contributed by atoms with van der Waals surface area (Å²) in [4.78, 5) is 0. The average molecular weight is 394 g/mol. The van der Waals surface area contributed by atoms with E-state index in [1.807, 2.05) is 12.1 Å². The van der Waals surface area contributed by atoms with Gasteiger partial charge in [0.05, 0.1) is 8.87 Å². The number of hydrogen-bond donors (Lipinski definition) is 1. The molecule has 1 aromatic rings. The van der Waals surface area contributed by atoms with Crippen molar-refractivity contribution >= 4 is 35.0 Å². The SMILES string of the molecule is NN1CCP(=O)(c2ccc(I)c3c2OCCO3)CC1. The van der Waals surface area contributed by atoms with Crippen LogP contribution < -0.4 is 20.6 Å². The van der Waals surface area contributed by atoms with Crippen LogP contribution in [0.3, 0.4) is 0 Å². The highest BCUT2D eigenvalue weighted by molar-refractivity contribution is 14.1. The first-order valence-electron chi connectivity index (χ1n) is 6.26. The van der Waals surface area contributed by atoms with Crippen LogP contribution in [0.4, 0.5) is 0 Å². The van der Waals surface area contributed by atoms with Crippen LogP contribution in [0.15, 0.2) is 12.1 Å². The van der Waals surface area contributed by atoms with Gasteiger partial charge in [0, 0.05) is 25.4 Å². The van der Waals surface area contributed by atoms with Crippen molar-refractivity contribution in [3.8, 4) is 11.5 Å². The van der Waals surface area contributed by atoms with E-state index in [0.29, 0.717) is 44.4 Å². The van der Waals surface area contributed by atoms with Gasteiger partial charge in [-0.15, -0.1) is 0 Å². The number of nitrogens with zero attached hydrogens (tertiary/aromatic N) is 1. The van der Waals surface area contributed by atoms with Gasteiger partial charge in [-0.3, -0.25) is 5.84 Å². The lowest BCUT2D eigenvalue weighted by Gasteiger charge is -2.31. The second-order valence-corrected chi connectivity index (χ2v) is 9.11. The Morgan fingerprint density at radius 1 is 1.16 bits per heavy atom. The lowest BCUT2D eigenvalue weighted by Crippen LogP contribution is -2.41. The van der Waals surface area contributed by atoms with Crippen molar-refractivity contribution < 1.29 is 14.0 Å². The zero-order valence-corrected chi connectivity index (χ0v) is 13.5. The molecular formula is C12H16IN2O3P. The maximum absolute atomic E-state index is 13.1. The minimum absolute atomic E-state index is 0.517. The number of benzene rings is 1. The molecule has 0 bridgehead atoms. The van der Waals surface area contributed by atoms with Crippen LogP contribution in [-0.2, 0) is 4.57 Å². The van der Waals surface area contributed by atoms with Gasteiger partial charge in [0.15, 0.2) is 11.5 Å². The molecule has 19 heavy (non-hydrogen) atoms. The fourth-order valence-corrected chi connectivity index (χ4v) is 5.78. The predicted octanol–water partition coefficient (Wildman–Crippen LogP) is 1.24. The van der Waals surface area contributed by atoms with Crippen molar-refractivity contribution in [3.05, 3.63) is 15.7 Å². The minimum Gasteiger partial charge on any atom is -0.485 e. The van der Waals surface area contributed by atoms with E-state index in [1.54, 1.807) is 5.01 Å². The number of hydrazine groups is 1. The molecule has 3 rings (SSSR count). The molecular weight excluding hydrogens is 378 g/mol. The Bertz CT molecular complexity index is 540. The lowest BCUT2D eigenvalue weighted by atomic mass is 10.3. The molecule has 1 fully saturated rings.